The van der Waals surface area contributed by atoms with Gasteiger partial charge in [-0.05, 0) is 60.9 Å². The number of aromatic carboxylic acids is 1. The second kappa shape index (κ2) is 10.3. The van der Waals surface area contributed by atoms with Crippen LogP contribution in [0.25, 0.3) is 0 Å². The van der Waals surface area contributed by atoms with E-state index in [1.165, 1.54) is 16.6 Å². The molecule has 1 amide bonds. The van der Waals surface area contributed by atoms with Crippen LogP contribution in [0.1, 0.15) is 43.0 Å². The Hall–Kier alpha value is -3.98. The lowest BCUT2D eigenvalue weighted by Crippen LogP contribution is -2.29. The van der Waals surface area contributed by atoms with Crippen LogP contribution in [-0.2, 0) is 16.6 Å². The molecule has 0 saturated heterocycles. The normalized spacial score (nSPS) is 11.4. The highest BCUT2D eigenvalue weighted by Gasteiger charge is 2.18. The smallest absolute Gasteiger partial charge is 0.336 e. The number of aryl methyl sites for hydroxylation is 2. The van der Waals surface area contributed by atoms with Crippen LogP contribution in [0.15, 0.2) is 71.8 Å². The lowest BCUT2D eigenvalue weighted by Gasteiger charge is -2.23. The molecular weight excluding hydrogens is 454 g/mol. The van der Waals surface area contributed by atoms with Gasteiger partial charge in [0.25, 0.3) is 5.91 Å². The molecule has 0 aromatic heterocycles. The molecule has 0 fully saturated rings. The van der Waals surface area contributed by atoms with Gasteiger partial charge in [-0.2, -0.15) is 5.10 Å². The third-order valence-electron chi connectivity index (χ3n) is 5.28. The minimum Gasteiger partial charge on any atom is -0.478 e. The van der Waals surface area contributed by atoms with Gasteiger partial charge in [-0.3, -0.25) is 9.10 Å². The summed E-state index contributed by atoms with van der Waals surface area (Å²) in [6, 6.07) is 18.3. The molecule has 0 bridgehead atoms. The van der Waals surface area contributed by atoms with Crippen LogP contribution in [0.2, 0.25) is 0 Å². The zero-order valence-corrected chi connectivity index (χ0v) is 19.8. The molecule has 0 unspecified atom stereocenters. The first-order chi connectivity index (χ1) is 16.1. The molecule has 3 rings (SSSR count). The predicted molar refractivity (Wildman–Crippen MR) is 132 cm³/mol. The van der Waals surface area contributed by atoms with Gasteiger partial charge >= 0.3 is 5.97 Å². The van der Waals surface area contributed by atoms with Crippen LogP contribution in [0.5, 0.6) is 0 Å². The Kier molecular flexibility index (Phi) is 7.47. The number of anilines is 1. The standard InChI is InChI=1S/C25H25N3O5S/c1-17-8-13-22(14-18(17)2)28(34(3,32)33)16-19-9-11-20(12-10-19)24(29)27-26-15-21-6-4-5-7-23(21)25(30)31/h4-15H,16H2,1-3H3,(H,27,29)(H,30,31)/b26-15-. The van der Waals surface area contributed by atoms with Gasteiger partial charge in [-0.15, -0.1) is 0 Å². The molecule has 0 spiro atoms. The van der Waals surface area contributed by atoms with Crippen molar-refractivity contribution in [2.45, 2.75) is 20.4 Å². The number of sulfonamides is 1. The lowest BCUT2D eigenvalue weighted by atomic mass is 10.1. The number of benzene rings is 3. The lowest BCUT2D eigenvalue weighted by molar-refractivity contribution is 0.0696. The molecule has 0 radical (unpaired) electrons. The number of carbonyl (C=O) groups is 2. The number of hydrogen-bond acceptors (Lipinski definition) is 5. The summed E-state index contributed by atoms with van der Waals surface area (Å²) in [5.41, 5.74) is 6.46. The van der Waals surface area contributed by atoms with Crippen molar-refractivity contribution in [1.82, 2.24) is 5.43 Å². The Morgan fingerprint density at radius 2 is 1.68 bits per heavy atom. The molecule has 0 aliphatic rings. The number of carbonyl (C=O) groups excluding carboxylic acids is 1. The summed E-state index contributed by atoms with van der Waals surface area (Å²) in [4.78, 5) is 23.6. The summed E-state index contributed by atoms with van der Waals surface area (Å²) in [5, 5.41) is 13.0. The highest BCUT2D eigenvalue weighted by molar-refractivity contribution is 7.92. The van der Waals surface area contributed by atoms with Crippen LogP contribution in [0, 0.1) is 13.8 Å². The maximum atomic E-state index is 12.4. The number of carboxylic acids is 1. The molecule has 2 N–H and O–H groups in total. The summed E-state index contributed by atoms with van der Waals surface area (Å²) in [6.45, 7) is 4.01. The van der Waals surface area contributed by atoms with Crippen LogP contribution in [0.4, 0.5) is 5.69 Å². The molecule has 0 aliphatic heterocycles. The molecule has 8 nitrogen and oxygen atoms in total. The molecule has 0 heterocycles. The van der Waals surface area contributed by atoms with Crippen molar-refractivity contribution < 1.29 is 23.1 Å². The number of carboxylic acid groups (broad SMARTS) is 1. The van der Waals surface area contributed by atoms with E-state index in [-0.39, 0.29) is 12.1 Å². The monoisotopic (exact) mass is 479 g/mol. The van der Waals surface area contributed by atoms with E-state index in [4.69, 9.17) is 0 Å². The summed E-state index contributed by atoms with van der Waals surface area (Å²) >= 11 is 0. The minimum absolute atomic E-state index is 0.0732. The van der Waals surface area contributed by atoms with Gasteiger partial charge in [0.2, 0.25) is 10.0 Å². The van der Waals surface area contributed by atoms with E-state index in [9.17, 15) is 23.1 Å². The van der Waals surface area contributed by atoms with Gasteiger partial charge in [0.15, 0.2) is 0 Å². The van der Waals surface area contributed by atoms with Crippen molar-refractivity contribution in [3.8, 4) is 0 Å². The largest absolute Gasteiger partial charge is 0.478 e. The molecular formula is C25H25N3O5S. The second-order valence-corrected chi connectivity index (χ2v) is 9.73. The number of hydrazone groups is 1. The molecule has 176 valence electrons. The molecule has 0 atom stereocenters. The fourth-order valence-electron chi connectivity index (χ4n) is 3.24. The van der Waals surface area contributed by atoms with Gasteiger partial charge in [0.1, 0.15) is 0 Å². The van der Waals surface area contributed by atoms with Crippen molar-refractivity contribution in [2.75, 3.05) is 10.6 Å². The Bertz CT molecular complexity index is 1350. The van der Waals surface area contributed by atoms with Crippen LogP contribution >= 0.6 is 0 Å². The zero-order chi connectivity index (χ0) is 24.9. The third-order valence-corrected chi connectivity index (χ3v) is 6.42. The maximum Gasteiger partial charge on any atom is 0.336 e. The fourth-order valence-corrected chi connectivity index (χ4v) is 4.12. The first kappa shape index (κ1) is 24.7. The topological polar surface area (TPSA) is 116 Å². The summed E-state index contributed by atoms with van der Waals surface area (Å²) in [6.07, 6.45) is 2.42. The zero-order valence-electron chi connectivity index (χ0n) is 19.0. The van der Waals surface area contributed by atoms with Crippen molar-refractivity contribution >= 4 is 33.8 Å². The van der Waals surface area contributed by atoms with Crippen LogP contribution in [0.3, 0.4) is 0 Å². The predicted octanol–water partition coefficient (Wildman–Crippen LogP) is 3.73. The van der Waals surface area contributed by atoms with Crippen molar-refractivity contribution in [3.05, 3.63) is 100 Å². The van der Waals surface area contributed by atoms with E-state index in [1.807, 2.05) is 26.0 Å². The average Bonchev–Trinajstić information content (AvgIpc) is 2.79. The molecule has 0 saturated carbocycles. The Morgan fingerprint density at radius 1 is 1.00 bits per heavy atom. The van der Waals surface area contributed by atoms with Crippen molar-refractivity contribution in [3.63, 3.8) is 0 Å². The first-order valence-electron chi connectivity index (χ1n) is 10.4. The number of amides is 1. The number of rotatable bonds is 8. The van der Waals surface area contributed by atoms with Crippen molar-refractivity contribution in [2.24, 2.45) is 5.10 Å². The molecule has 9 heteroatoms. The van der Waals surface area contributed by atoms with Crippen LogP contribution < -0.4 is 9.73 Å². The van der Waals surface area contributed by atoms with E-state index in [2.05, 4.69) is 10.5 Å². The number of nitrogens with one attached hydrogen (secondary N) is 1. The van der Waals surface area contributed by atoms with E-state index in [0.29, 0.717) is 22.4 Å². The van der Waals surface area contributed by atoms with E-state index in [1.54, 1.807) is 48.5 Å². The van der Waals surface area contributed by atoms with Gasteiger partial charge in [0, 0.05) is 11.1 Å². The van der Waals surface area contributed by atoms with Gasteiger partial charge in [-0.25, -0.2) is 18.6 Å². The summed E-state index contributed by atoms with van der Waals surface area (Å²) in [7, 11) is -3.53. The quantitative estimate of drug-likeness (QED) is 0.377. The third kappa shape index (κ3) is 6.08. The Morgan fingerprint density at radius 3 is 2.29 bits per heavy atom. The first-order valence-corrected chi connectivity index (χ1v) is 12.2. The summed E-state index contributed by atoms with van der Waals surface area (Å²) < 4.78 is 26.2. The van der Waals surface area contributed by atoms with E-state index >= 15 is 0 Å². The van der Waals surface area contributed by atoms with Gasteiger partial charge in [-0.1, -0.05) is 36.4 Å². The Balaban J connectivity index is 1.72. The molecule has 34 heavy (non-hydrogen) atoms. The van der Waals surface area contributed by atoms with Crippen LogP contribution in [-0.4, -0.2) is 37.9 Å². The average molecular weight is 480 g/mol. The SMILES string of the molecule is Cc1ccc(N(Cc2ccc(C(=O)N/N=C\c3ccccc3C(=O)O)cc2)S(C)(=O)=O)cc1C. The van der Waals surface area contributed by atoms with Gasteiger partial charge < -0.3 is 5.11 Å². The number of hydrogen-bond donors (Lipinski definition) is 2. The molecule has 3 aromatic carbocycles. The van der Waals surface area contributed by atoms with E-state index < -0.39 is 21.9 Å². The second-order valence-electron chi connectivity index (χ2n) is 7.83. The van der Waals surface area contributed by atoms with Gasteiger partial charge in [0.05, 0.1) is 30.3 Å². The molecule has 0 aliphatic carbocycles. The highest BCUT2D eigenvalue weighted by Crippen LogP contribution is 2.23. The highest BCUT2D eigenvalue weighted by atomic mass is 32.2. The summed E-state index contributed by atoms with van der Waals surface area (Å²) in [5.74, 6) is -1.57. The van der Waals surface area contributed by atoms with E-state index in [0.717, 1.165) is 17.4 Å². The maximum absolute atomic E-state index is 12.4. The number of nitrogens with zero attached hydrogens (tertiary/aromatic N) is 2. The molecule has 3 aromatic rings. The Labute approximate surface area is 198 Å². The van der Waals surface area contributed by atoms with Crippen molar-refractivity contribution in [1.29, 1.82) is 0 Å². The minimum atomic E-state index is -3.53. The fraction of sp³-hybridized carbons (Fsp3) is 0.160.